The van der Waals surface area contributed by atoms with Gasteiger partial charge in [0.05, 0.1) is 6.54 Å². The number of aliphatic imine (C=N–C) groups is 1. The van der Waals surface area contributed by atoms with Gasteiger partial charge in [0.15, 0.2) is 5.96 Å². The predicted molar refractivity (Wildman–Crippen MR) is 102 cm³/mol. The molecule has 0 radical (unpaired) electrons. The van der Waals surface area contributed by atoms with Gasteiger partial charge in [-0.2, -0.15) is 11.8 Å². The number of nitrogens with zero attached hydrogens (tertiary/aromatic N) is 1. The molecule has 25 heavy (non-hydrogen) atoms. The molecule has 1 aliphatic heterocycles. The Labute approximate surface area is 153 Å². The van der Waals surface area contributed by atoms with Crippen molar-refractivity contribution in [3.05, 3.63) is 30.1 Å². The Morgan fingerprint density at radius 1 is 1.40 bits per heavy atom. The first-order valence-corrected chi connectivity index (χ1v) is 9.72. The van der Waals surface area contributed by atoms with Gasteiger partial charge < -0.3 is 20.5 Å². The molecule has 5 nitrogen and oxygen atoms in total. The first-order chi connectivity index (χ1) is 12.0. The molecule has 1 saturated heterocycles. The number of hydrogen-bond donors (Lipinski definition) is 3. The van der Waals surface area contributed by atoms with E-state index in [2.05, 4.69) is 22.5 Å². The zero-order valence-electron chi connectivity index (χ0n) is 14.9. The number of ether oxygens (including phenoxy) is 1. The van der Waals surface area contributed by atoms with E-state index in [1.807, 2.05) is 18.7 Å². The fraction of sp³-hybridized carbons (Fsp3) is 0.611. The van der Waals surface area contributed by atoms with Crippen LogP contribution in [0.1, 0.15) is 26.7 Å². The third kappa shape index (κ3) is 7.12. The second-order valence-electron chi connectivity index (χ2n) is 6.40. The van der Waals surface area contributed by atoms with Gasteiger partial charge in [-0.05, 0) is 56.7 Å². The van der Waals surface area contributed by atoms with Crippen molar-refractivity contribution in [2.75, 3.05) is 32.0 Å². The van der Waals surface area contributed by atoms with Crippen molar-refractivity contribution in [1.82, 2.24) is 10.6 Å². The Bertz CT molecular complexity index is 548. The van der Waals surface area contributed by atoms with E-state index in [-0.39, 0.29) is 17.2 Å². The van der Waals surface area contributed by atoms with E-state index >= 15 is 0 Å². The van der Waals surface area contributed by atoms with Crippen LogP contribution in [0.5, 0.6) is 5.75 Å². The quantitative estimate of drug-likeness (QED) is 0.485. The lowest BCUT2D eigenvalue weighted by Crippen LogP contribution is -2.43. The van der Waals surface area contributed by atoms with E-state index in [4.69, 9.17) is 4.74 Å². The Hall–Kier alpha value is -1.47. The van der Waals surface area contributed by atoms with E-state index in [0.717, 1.165) is 13.1 Å². The van der Waals surface area contributed by atoms with Crippen LogP contribution < -0.4 is 15.4 Å². The highest BCUT2D eigenvalue weighted by atomic mass is 32.2. The molecule has 2 unspecified atom stereocenters. The zero-order valence-corrected chi connectivity index (χ0v) is 15.7. The van der Waals surface area contributed by atoms with E-state index in [1.165, 1.54) is 30.7 Å². The second-order valence-corrected chi connectivity index (χ2v) is 8.08. The maximum atomic E-state index is 12.8. The van der Waals surface area contributed by atoms with Gasteiger partial charge in [-0.25, -0.2) is 4.39 Å². The van der Waals surface area contributed by atoms with Crippen LogP contribution in [0.2, 0.25) is 0 Å². The molecule has 0 aromatic heterocycles. The molecule has 7 heteroatoms. The van der Waals surface area contributed by atoms with Gasteiger partial charge in [0.25, 0.3) is 0 Å². The molecular formula is C18H28FN3O2S. The molecule has 0 spiro atoms. The van der Waals surface area contributed by atoms with Crippen molar-refractivity contribution in [3.63, 3.8) is 0 Å². The zero-order chi connectivity index (χ0) is 18.1. The summed E-state index contributed by atoms with van der Waals surface area (Å²) in [5.74, 6) is 2.13. The van der Waals surface area contributed by atoms with Gasteiger partial charge in [0.1, 0.15) is 24.3 Å². The summed E-state index contributed by atoms with van der Waals surface area (Å²) in [5.41, 5.74) is 0. The Morgan fingerprint density at radius 2 is 2.16 bits per heavy atom. The van der Waals surface area contributed by atoms with Crippen LogP contribution in [0.15, 0.2) is 29.3 Å². The van der Waals surface area contributed by atoms with Gasteiger partial charge in [0, 0.05) is 17.8 Å². The highest BCUT2D eigenvalue weighted by molar-refractivity contribution is 8.00. The van der Waals surface area contributed by atoms with Crippen molar-refractivity contribution in [1.29, 1.82) is 0 Å². The minimum Gasteiger partial charge on any atom is -0.491 e. The fourth-order valence-corrected chi connectivity index (χ4v) is 3.77. The standard InChI is InChI=1S/C18H28FN3O2S/c1-3-20-17(22-13-18(2)9-4-10-25-18)21-11-15(23)12-24-16-7-5-14(19)6-8-16/h5-8,15,23H,3-4,9-13H2,1-2H3,(H2,20,21,22). The minimum absolute atomic E-state index is 0.131. The van der Waals surface area contributed by atoms with Crippen LogP contribution >= 0.6 is 11.8 Å². The van der Waals surface area contributed by atoms with Crippen LogP contribution in [-0.4, -0.2) is 53.9 Å². The molecule has 1 heterocycles. The molecule has 3 N–H and O–H groups in total. The van der Waals surface area contributed by atoms with Crippen LogP contribution in [0.25, 0.3) is 0 Å². The van der Waals surface area contributed by atoms with Gasteiger partial charge in [0.2, 0.25) is 0 Å². The van der Waals surface area contributed by atoms with Crippen LogP contribution in [0, 0.1) is 5.82 Å². The number of aliphatic hydroxyl groups excluding tert-OH is 1. The lowest BCUT2D eigenvalue weighted by atomic mass is 10.1. The maximum absolute atomic E-state index is 12.8. The van der Waals surface area contributed by atoms with Crippen molar-refractivity contribution in [3.8, 4) is 5.75 Å². The Morgan fingerprint density at radius 3 is 2.80 bits per heavy atom. The fourth-order valence-electron chi connectivity index (χ4n) is 2.55. The smallest absolute Gasteiger partial charge is 0.191 e. The van der Waals surface area contributed by atoms with E-state index in [0.29, 0.717) is 18.3 Å². The monoisotopic (exact) mass is 369 g/mol. The summed E-state index contributed by atoms with van der Waals surface area (Å²) in [6, 6.07) is 5.75. The molecule has 1 aromatic carbocycles. The van der Waals surface area contributed by atoms with Crippen LogP contribution in [0.3, 0.4) is 0 Å². The van der Waals surface area contributed by atoms with E-state index < -0.39 is 6.10 Å². The first-order valence-electron chi connectivity index (χ1n) is 8.73. The Balaban J connectivity index is 1.75. The lowest BCUT2D eigenvalue weighted by Gasteiger charge is -2.21. The average Bonchev–Trinajstić information content (AvgIpc) is 3.04. The molecule has 0 bridgehead atoms. The SMILES string of the molecule is CCNC(=NCC1(C)CCCS1)NCC(O)COc1ccc(F)cc1. The maximum Gasteiger partial charge on any atom is 0.191 e. The first kappa shape index (κ1) is 19.8. The number of nitrogens with one attached hydrogen (secondary N) is 2. The molecule has 0 amide bonds. The third-order valence-corrected chi connectivity index (χ3v) is 5.50. The number of halogens is 1. The molecule has 1 aliphatic rings. The van der Waals surface area contributed by atoms with Crippen molar-refractivity contribution in [2.24, 2.45) is 4.99 Å². The van der Waals surface area contributed by atoms with Gasteiger partial charge >= 0.3 is 0 Å². The molecule has 2 rings (SSSR count). The molecular weight excluding hydrogens is 341 g/mol. The number of rotatable bonds is 8. The van der Waals surface area contributed by atoms with E-state index in [1.54, 1.807) is 12.1 Å². The largest absolute Gasteiger partial charge is 0.491 e. The predicted octanol–water partition coefficient (Wildman–Crippen LogP) is 2.41. The van der Waals surface area contributed by atoms with Crippen molar-refractivity contribution < 1.29 is 14.2 Å². The van der Waals surface area contributed by atoms with Crippen LogP contribution in [0.4, 0.5) is 4.39 Å². The number of benzene rings is 1. The Kier molecular flexibility index (Phi) is 7.84. The van der Waals surface area contributed by atoms with Crippen molar-refractivity contribution >= 4 is 17.7 Å². The van der Waals surface area contributed by atoms with Gasteiger partial charge in [-0.1, -0.05) is 0 Å². The summed E-state index contributed by atoms with van der Waals surface area (Å²) in [5, 5.41) is 16.4. The molecule has 0 saturated carbocycles. The molecule has 1 aromatic rings. The minimum atomic E-state index is -0.689. The number of guanidine groups is 1. The van der Waals surface area contributed by atoms with Gasteiger partial charge in [-0.15, -0.1) is 0 Å². The highest BCUT2D eigenvalue weighted by Gasteiger charge is 2.29. The number of hydrogen-bond acceptors (Lipinski definition) is 4. The second kappa shape index (κ2) is 9.87. The lowest BCUT2D eigenvalue weighted by molar-refractivity contribution is 0.110. The summed E-state index contributed by atoms with van der Waals surface area (Å²) < 4.78 is 18.5. The topological polar surface area (TPSA) is 65.9 Å². The average molecular weight is 370 g/mol. The molecule has 1 fully saturated rings. The van der Waals surface area contributed by atoms with Crippen LogP contribution in [-0.2, 0) is 0 Å². The third-order valence-electron chi connectivity index (χ3n) is 3.98. The number of aliphatic hydroxyl groups is 1. The summed E-state index contributed by atoms with van der Waals surface area (Å²) in [6.45, 7) is 6.25. The molecule has 0 aliphatic carbocycles. The summed E-state index contributed by atoms with van der Waals surface area (Å²) in [4.78, 5) is 4.65. The van der Waals surface area contributed by atoms with E-state index in [9.17, 15) is 9.50 Å². The van der Waals surface area contributed by atoms with Gasteiger partial charge in [-0.3, -0.25) is 4.99 Å². The highest BCUT2D eigenvalue weighted by Crippen LogP contribution is 2.37. The summed E-state index contributed by atoms with van der Waals surface area (Å²) in [7, 11) is 0. The normalized spacial score (nSPS) is 21.8. The van der Waals surface area contributed by atoms with Crippen molar-refractivity contribution in [2.45, 2.75) is 37.5 Å². The summed E-state index contributed by atoms with van der Waals surface area (Å²) in [6.07, 6.45) is 1.75. The molecule has 140 valence electrons. The number of thioether (sulfide) groups is 1. The summed E-state index contributed by atoms with van der Waals surface area (Å²) >= 11 is 1.98. The molecule has 2 atom stereocenters.